The summed E-state index contributed by atoms with van der Waals surface area (Å²) in [6.07, 6.45) is 2.20. The van der Waals surface area contributed by atoms with Crippen LogP contribution in [-0.4, -0.2) is 17.6 Å². The summed E-state index contributed by atoms with van der Waals surface area (Å²) in [5, 5.41) is 6.21. The van der Waals surface area contributed by atoms with E-state index in [4.69, 9.17) is 9.15 Å². The standard InChI is InChI=1S/C27H22N2O4/c1-17-24-21(28-29-26(30)19-10-3-2-4-11-19)14-8-16-23(24)32-25(17)27(31)33-22-15-7-12-18-9-5-6-13-20(18)22/h2-7,9-13,15H,8,14,16H2,1H3,(H,29,30)/b28-21+. The van der Waals surface area contributed by atoms with Crippen LogP contribution in [0.25, 0.3) is 10.8 Å². The van der Waals surface area contributed by atoms with Crippen LogP contribution in [0.4, 0.5) is 0 Å². The second-order valence-electron chi connectivity index (χ2n) is 7.94. The highest BCUT2D eigenvalue weighted by atomic mass is 16.5. The number of amides is 1. The summed E-state index contributed by atoms with van der Waals surface area (Å²) in [5.41, 5.74) is 5.30. The van der Waals surface area contributed by atoms with Gasteiger partial charge in [-0.15, -0.1) is 0 Å². The fourth-order valence-electron chi connectivity index (χ4n) is 4.18. The van der Waals surface area contributed by atoms with Gasteiger partial charge < -0.3 is 9.15 Å². The molecule has 5 rings (SSSR count). The fourth-order valence-corrected chi connectivity index (χ4v) is 4.18. The van der Waals surface area contributed by atoms with Crippen LogP contribution in [-0.2, 0) is 6.42 Å². The third-order valence-electron chi connectivity index (χ3n) is 5.79. The maximum atomic E-state index is 13.0. The number of aryl methyl sites for hydroxylation is 1. The van der Waals surface area contributed by atoms with Gasteiger partial charge in [0.1, 0.15) is 11.5 Å². The van der Waals surface area contributed by atoms with Gasteiger partial charge in [-0.05, 0) is 43.4 Å². The minimum Gasteiger partial charge on any atom is -0.453 e. The van der Waals surface area contributed by atoms with E-state index < -0.39 is 5.97 Å². The predicted octanol–water partition coefficient (Wildman–Crippen LogP) is 5.43. The van der Waals surface area contributed by atoms with E-state index in [1.165, 1.54) is 0 Å². The van der Waals surface area contributed by atoms with Crippen LogP contribution >= 0.6 is 0 Å². The number of hydrogen-bond donors (Lipinski definition) is 1. The van der Waals surface area contributed by atoms with E-state index >= 15 is 0 Å². The average molecular weight is 438 g/mol. The lowest BCUT2D eigenvalue weighted by Gasteiger charge is -2.13. The van der Waals surface area contributed by atoms with Crippen molar-refractivity contribution in [2.45, 2.75) is 26.2 Å². The third-order valence-corrected chi connectivity index (χ3v) is 5.79. The molecule has 6 nitrogen and oxygen atoms in total. The Kier molecular flexibility index (Phi) is 5.48. The Morgan fingerprint density at radius 1 is 0.939 bits per heavy atom. The van der Waals surface area contributed by atoms with Gasteiger partial charge in [0.15, 0.2) is 0 Å². The Balaban J connectivity index is 1.41. The minimum absolute atomic E-state index is 0.164. The van der Waals surface area contributed by atoms with E-state index in [-0.39, 0.29) is 11.7 Å². The smallest absolute Gasteiger partial charge is 0.379 e. The average Bonchev–Trinajstić information content (AvgIpc) is 3.20. The molecule has 1 amide bonds. The molecular weight excluding hydrogens is 416 g/mol. The lowest BCUT2D eigenvalue weighted by atomic mass is 9.93. The maximum absolute atomic E-state index is 13.0. The molecule has 1 aromatic heterocycles. The number of carbonyl (C=O) groups excluding carboxylic acids is 2. The van der Waals surface area contributed by atoms with Gasteiger partial charge in [0.05, 0.1) is 5.71 Å². The van der Waals surface area contributed by atoms with E-state index in [0.29, 0.717) is 41.2 Å². The number of fused-ring (bicyclic) bond motifs is 2. The molecule has 0 aliphatic heterocycles. The number of esters is 1. The van der Waals surface area contributed by atoms with E-state index in [0.717, 1.165) is 22.8 Å². The van der Waals surface area contributed by atoms with E-state index in [1.54, 1.807) is 30.3 Å². The quantitative estimate of drug-likeness (QED) is 0.262. The number of hydrazone groups is 1. The topological polar surface area (TPSA) is 80.9 Å². The summed E-state index contributed by atoms with van der Waals surface area (Å²) in [6.45, 7) is 1.82. The zero-order valence-corrected chi connectivity index (χ0v) is 18.1. The number of carbonyl (C=O) groups is 2. The highest BCUT2D eigenvalue weighted by Crippen LogP contribution is 2.32. The predicted molar refractivity (Wildman–Crippen MR) is 126 cm³/mol. The Labute approximate surface area is 190 Å². The molecule has 3 aromatic carbocycles. The van der Waals surface area contributed by atoms with E-state index in [2.05, 4.69) is 10.5 Å². The van der Waals surface area contributed by atoms with Crippen LogP contribution in [0.2, 0.25) is 0 Å². The molecule has 0 fully saturated rings. The lowest BCUT2D eigenvalue weighted by Crippen LogP contribution is -2.22. The Hall–Kier alpha value is -4.19. The van der Waals surface area contributed by atoms with E-state index in [1.807, 2.05) is 49.4 Å². The number of hydrogen-bond acceptors (Lipinski definition) is 5. The summed E-state index contributed by atoms with van der Waals surface area (Å²) >= 11 is 0. The van der Waals surface area contributed by atoms with Crippen molar-refractivity contribution in [2.75, 3.05) is 0 Å². The van der Waals surface area contributed by atoms with Crippen molar-refractivity contribution < 1.29 is 18.7 Å². The fraction of sp³-hybridized carbons (Fsp3) is 0.148. The van der Waals surface area contributed by atoms with Gasteiger partial charge in [-0.2, -0.15) is 5.10 Å². The first-order chi connectivity index (χ1) is 16.1. The maximum Gasteiger partial charge on any atom is 0.379 e. The molecule has 0 bridgehead atoms. The Morgan fingerprint density at radius 2 is 1.70 bits per heavy atom. The highest BCUT2D eigenvalue weighted by molar-refractivity contribution is 6.07. The first-order valence-electron chi connectivity index (χ1n) is 10.9. The van der Waals surface area contributed by atoms with E-state index in [9.17, 15) is 9.59 Å². The molecule has 0 unspecified atom stereocenters. The number of rotatable bonds is 4. The molecule has 1 aliphatic carbocycles. The second-order valence-corrected chi connectivity index (χ2v) is 7.94. The van der Waals surface area contributed by atoms with Crippen molar-refractivity contribution in [3.63, 3.8) is 0 Å². The first-order valence-corrected chi connectivity index (χ1v) is 10.9. The van der Waals surface area contributed by atoms with Crippen molar-refractivity contribution >= 4 is 28.4 Å². The lowest BCUT2D eigenvalue weighted by molar-refractivity contribution is 0.0700. The molecular formula is C27H22N2O4. The minimum atomic E-state index is -0.550. The van der Waals surface area contributed by atoms with Crippen molar-refractivity contribution in [3.05, 3.63) is 101 Å². The first kappa shape index (κ1) is 20.7. The van der Waals surface area contributed by atoms with Crippen LogP contribution in [0, 0.1) is 6.92 Å². The van der Waals surface area contributed by atoms with Crippen LogP contribution in [0.5, 0.6) is 5.75 Å². The Morgan fingerprint density at radius 3 is 2.55 bits per heavy atom. The molecule has 0 atom stereocenters. The van der Waals surface area contributed by atoms with Gasteiger partial charge >= 0.3 is 5.97 Å². The van der Waals surface area contributed by atoms with Crippen LogP contribution < -0.4 is 10.2 Å². The summed E-state index contributed by atoms with van der Waals surface area (Å²) < 4.78 is 11.7. The van der Waals surface area contributed by atoms with Crippen LogP contribution in [0.3, 0.4) is 0 Å². The monoisotopic (exact) mass is 438 g/mol. The molecule has 164 valence electrons. The molecule has 0 spiro atoms. The number of furan rings is 1. The van der Waals surface area contributed by atoms with Gasteiger partial charge in [-0.1, -0.05) is 54.6 Å². The summed E-state index contributed by atoms with van der Waals surface area (Å²) in [5.74, 6) is 0.502. The van der Waals surface area contributed by atoms with Gasteiger partial charge in [-0.25, -0.2) is 10.2 Å². The number of nitrogens with zero attached hydrogens (tertiary/aromatic N) is 1. The summed E-state index contributed by atoms with van der Waals surface area (Å²) in [6, 6.07) is 22.2. The zero-order valence-electron chi connectivity index (χ0n) is 18.1. The van der Waals surface area contributed by atoms with Crippen LogP contribution in [0.1, 0.15) is 50.6 Å². The van der Waals surface area contributed by atoms with Crippen molar-refractivity contribution in [2.24, 2.45) is 5.10 Å². The Bertz CT molecular complexity index is 1380. The van der Waals surface area contributed by atoms with Crippen molar-refractivity contribution in [3.8, 4) is 5.75 Å². The van der Waals surface area contributed by atoms with Gasteiger partial charge in [-0.3, -0.25) is 4.79 Å². The van der Waals surface area contributed by atoms with Crippen molar-refractivity contribution in [1.29, 1.82) is 0 Å². The van der Waals surface area contributed by atoms with Crippen LogP contribution in [0.15, 0.2) is 82.3 Å². The SMILES string of the molecule is Cc1c(C(=O)Oc2cccc3ccccc23)oc2c1/C(=N/NC(=O)c1ccccc1)CCC2. The number of nitrogens with one attached hydrogen (secondary N) is 1. The van der Waals surface area contributed by atoms with Gasteiger partial charge in [0.2, 0.25) is 5.76 Å². The number of benzene rings is 3. The van der Waals surface area contributed by atoms with Crippen molar-refractivity contribution in [1.82, 2.24) is 5.43 Å². The molecule has 6 heteroatoms. The molecule has 1 N–H and O–H groups in total. The molecule has 1 heterocycles. The normalized spacial score (nSPS) is 14.2. The van der Waals surface area contributed by atoms with Gasteiger partial charge in [0, 0.05) is 28.5 Å². The van der Waals surface area contributed by atoms with Gasteiger partial charge in [0.25, 0.3) is 5.91 Å². The molecule has 0 radical (unpaired) electrons. The third kappa shape index (κ3) is 4.03. The molecule has 4 aromatic rings. The largest absolute Gasteiger partial charge is 0.453 e. The zero-order chi connectivity index (χ0) is 22.8. The molecule has 33 heavy (non-hydrogen) atoms. The molecule has 0 saturated carbocycles. The second kappa shape index (κ2) is 8.74. The summed E-state index contributed by atoms with van der Waals surface area (Å²) in [4.78, 5) is 25.4. The molecule has 0 saturated heterocycles. The number of ether oxygens (including phenoxy) is 1. The summed E-state index contributed by atoms with van der Waals surface area (Å²) in [7, 11) is 0. The highest BCUT2D eigenvalue weighted by Gasteiger charge is 2.29. The molecule has 1 aliphatic rings.